The second-order valence-corrected chi connectivity index (χ2v) is 12.7. The van der Waals surface area contributed by atoms with Gasteiger partial charge in [0.2, 0.25) is 6.79 Å². The number of benzene rings is 3. The number of hydrogen-bond donors (Lipinski definition) is 1. The largest absolute Gasteiger partial charge is 0.507 e. The van der Waals surface area contributed by atoms with E-state index < -0.39 is 12.1 Å². The molecular formula is C36H39N3O6. The van der Waals surface area contributed by atoms with Crippen LogP contribution in [0.15, 0.2) is 36.4 Å². The van der Waals surface area contributed by atoms with Crippen LogP contribution in [0.2, 0.25) is 0 Å². The van der Waals surface area contributed by atoms with E-state index in [-0.39, 0.29) is 49.7 Å². The summed E-state index contributed by atoms with van der Waals surface area (Å²) in [6, 6.07) is 13.4. The Morgan fingerprint density at radius 2 is 1.82 bits per heavy atom. The molecule has 9 heteroatoms. The molecule has 234 valence electrons. The average molecular weight is 610 g/mol. The summed E-state index contributed by atoms with van der Waals surface area (Å²) >= 11 is 0. The van der Waals surface area contributed by atoms with E-state index in [1.165, 1.54) is 11.1 Å². The second kappa shape index (κ2) is 11.3. The molecule has 5 atom stereocenters. The number of methoxy groups -OCH3 is 1. The molecule has 2 bridgehead atoms. The molecule has 3 aromatic carbocycles. The third-order valence-electron chi connectivity index (χ3n) is 10.4. The number of hydrogen-bond acceptors (Lipinski definition) is 9. The zero-order valence-electron chi connectivity index (χ0n) is 26.4. The Balaban J connectivity index is 1.33. The van der Waals surface area contributed by atoms with Gasteiger partial charge in [0.25, 0.3) is 0 Å². The molecule has 0 spiro atoms. The zero-order valence-corrected chi connectivity index (χ0v) is 26.4. The van der Waals surface area contributed by atoms with Crippen molar-refractivity contribution in [1.82, 2.24) is 9.80 Å². The highest BCUT2D eigenvalue weighted by Gasteiger charge is 2.56. The predicted octanol–water partition coefficient (Wildman–Crippen LogP) is 5.00. The van der Waals surface area contributed by atoms with E-state index in [4.69, 9.17) is 18.9 Å². The van der Waals surface area contributed by atoms with Crippen molar-refractivity contribution in [3.8, 4) is 29.1 Å². The Hall–Kier alpha value is -4.26. The number of aromatic hydroxyl groups is 1. The van der Waals surface area contributed by atoms with Crippen LogP contribution in [0.3, 0.4) is 0 Å². The summed E-state index contributed by atoms with van der Waals surface area (Å²) in [5, 5.41) is 22.4. The molecule has 4 heterocycles. The van der Waals surface area contributed by atoms with E-state index >= 15 is 0 Å². The van der Waals surface area contributed by atoms with Crippen molar-refractivity contribution in [3.05, 3.63) is 80.9 Å². The van der Waals surface area contributed by atoms with Crippen molar-refractivity contribution in [2.45, 2.75) is 76.7 Å². The van der Waals surface area contributed by atoms with Gasteiger partial charge in [0.05, 0.1) is 25.3 Å². The first-order valence-electron chi connectivity index (χ1n) is 15.6. The molecule has 1 saturated heterocycles. The number of nitriles is 1. The lowest BCUT2D eigenvalue weighted by Crippen LogP contribution is -2.68. The Morgan fingerprint density at radius 3 is 2.56 bits per heavy atom. The van der Waals surface area contributed by atoms with Gasteiger partial charge in [0.1, 0.15) is 24.1 Å². The highest BCUT2D eigenvalue weighted by atomic mass is 16.7. The normalized spacial score (nSPS) is 24.7. The SMILES string of the molecule is COc1c(C)cc2c(c1C)[C@@H]1C3Cc4c(O)c(C)c5c(c4[C@H](COC(=O)CCc4ccccc4)N3[C@@H](C#N)[C@H](C2)N1C)OCO5. The van der Waals surface area contributed by atoms with Crippen LogP contribution in [-0.2, 0) is 28.8 Å². The van der Waals surface area contributed by atoms with Gasteiger partial charge in [-0.2, -0.15) is 5.26 Å². The molecule has 3 aromatic rings. The minimum atomic E-state index is -0.515. The fraction of sp³-hybridized carbons (Fsp3) is 0.444. The van der Waals surface area contributed by atoms with Crippen molar-refractivity contribution in [3.63, 3.8) is 0 Å². The maximum absolute atomic E-state index is 13.2. The highest BCUT2D eigenvalue weighted by molar-refractivity contribution is 5.70. The molecule has 7 rings (SSSR count). The first-order chi connectivity index (χ1) is 21.7. The van der Waals surface area contributed by atoms with Gasteiger partial charge in [-0.3, -0.25) is 14.6 Å². The quantitative estimate of drug-likeness (QED) is 0.387. The monoisotopic (exact) mass is 609 g/mol. The third kappa shape index (κ3) is 4.53. The van der Waals surface area contributed by atoms with Crippen LogP contribution in [-0.4, -0.2) is 66.6 Å². The van der Waals surface area contributed by atoms with Crippen molar-refractivity contribution in [2.75, 3.05) is 27.6 Å². The summed E-state index contributed by atoms with van der Waals surface area (Å²) in [5.74, 6) is 1.81. The molecule has 45 heavy (non-hydrogen) atoms. The van der Waals surface area contributed by atoms with Crippen molar-refractivity contribution >= 4 is 5.97 Å². The van der Waals surface area contributed by atoms with Crippen molar-refractivity contribution < 1.29 is 28.8 Å². The average Bonchev–Trinajstić information content (AvgIpc) is 3.53. The number of aryl methyl sites for hydroxylation is 2. The lowest BCUT2D eigenvalue weighted by Gasteiger charge is -2.60. The molecule has 1 N–H and O–H groups in total. The number of phenols is 1. The number of phenolic OH excluding ortho intramolecular Hbond substituents is 1. The number of piperazine rings is 1. The van der Waals surface area contributed by atoms with Crippen LogP contribution in [0.5, 0.6) is 23.0 Å². The summed E-state index contributed by atoms with van der Waals surface area (Å²) in [5.41, 5.74) is 7.83. The van der Waals surface area contributed by atoms with E-state index in [1.54, 1.807) is 7.11 Å². The van der Waals surface area contributed by atoms with Gasteiger partial charge in [0, 0.05) is 35.2 Å². The maximum Gasteiger partial charge on any atom is 0.306 e. The van der Waals surface area contributed by atoms with E-state index in [2.05, 4.69) is 42.8 Å². The summed E-state index contributed by atoms with van der Waals surface area (Å²) in [6.07, 6.45) is 2.02. The molecule has 1 unspecified atom stereocenters. The Kier molecular flexibility index (Phi) is 7.38. The summed E-state index contributed by atoms with van der Waals surface area (Å²) in [7, 11) is 3.81. The van der Waals surface area contributed by atoms with Crippen LogP contribution in [0.1, 0.15) is 63.0 Å². The summed E-state index contributed by atoms with van der Waals surface area (Å²) in [6.45, 7) is 6.09. The first-order valence-corrected chi connectivity index (χ1v) is 15.6. The highest BCUT2D eigenvalue weighted by Crippen LogP contribution is 2.57. The Labute approximate surface area is 263 Å². The van der Waals surface area contributed by atoms with E-state index in [0.717, 1.165) is 33.6 Å². The zero-order chi connectivity index (χ0) is 31.6. The summed E-state index contributed by atoms with van der Waals surface area (Å²) < 4.78 is 23.8. The fourth-order valence-corrected chi connectivity index (χ4v) is 8.48. The molecule has 0 radical (unpaired) electrons. The predicted molar refractivity (Wildman–Crippen MR) is 167 cm³/mol. The third-order valence-corrected chi connectivity index (χ3v) is 10.4. The number of likely N-dealkylation sites (N-methyl/N-ethyl adjacent to an activating group) is 1. The molecule has 0 aliphatic carbocycles. The van der Waals surface area contributed by atoms with Crippen LogP contribution in [0.4, 0.5) is 0 Å². The number of carbonyl (C=O) groups excluding carboxylic acids is 1. The molecule has 9 nitrogen and oxygen atoms in total. The van der Waals surface area contributed by atoms with Gasteiger partial charge in [-0.1, -0.05) is 36.4 Å². The number of carbonyl (C=O) groups is 1. The van der Waals surface area contributed by atoms with E-state index in [1.807, 2.05) is 37.3 Å². The maximum atomic E-state index is 13.2. The lowest BCUT2D eigenvalue weighted by atomic mass is 9.71. The Bertz CT molecular complexity index is 1720. The first kappa shape index (κ1) is 29.5. The van der Waals surface area contributed by atoms with Gasteiger partial charge in [-0.15, -0.1) is 0 Å². The minimum Gasteiger partial charge on any atom is -0.507 e. The van der Waals surface area contributed by atoms with Gasteiger partial charge in [-0.05, 0) is 74.9 Å². The molecule has 1 fully saturated rings. The van der Waals surface area contributed by atoms with Crippen LogP contribution in [0, 0.1) is 32.1 Å². The molecule has 0 aromatic heterocycles. The number of ether oxygens (including phenoxy) is 4. The van der Waals surface area contributed by atoms with E-state index in [0.29, 0.717) is 36.3 Å². The number of rotatable bonds is 6. The van der Waals surface area contributed by atoms with Crippen LogP contribution in [0.25, 0.3) is 0 Å². The van der Waals surface area contributed by atoms with Crippen LogP contribution >= 0.6 is 0 Å². The van der Waals surface area contributed by atoms with Crippen molar-refractivity contribution in [2.24, 2.45) is 0 Å². The molecule has 4 aliphatic rings. The van der Waals surface area contributed by atoms with Gasteiger partial charge in [0.15, 0.2) is 11.5 Å². The Morgan fingerprint density at radius 1 is 1.07 bits per heavy atom. The number of esters is 1. The molecule has 0 amide bonds. The second-order valence-electron chi connectivity index (χ2n) is 12.7. The molecule has 4 aliphatic heterocycles. The smallest absolute Gasteiger partial charge is 0.306 e. The lowest BCUT2D eigenvalue weighted by molar-refractivity contribution is -0.149. The van der Waals surface area contributed by atoms with Gasteiger partial charge < -0.3 is 24.1 Å². The molecular weight excluding hydrogens is 570 g/mol. The summed E-state index contributed by atoms with van der Waals surface area (Å²) in [4.78, 5) is 17.7. The number of nitrogens with zero attached hydrogens (tertiary/aromatic N) is 3. The van der Waals surface area contributed by atoms with Gasteiger partial charge >= 0.3 is 5.97 Å². The van der Waals surface area contributed by atoms with Gasteiger partial charge in [-0.25, -0.2) is 0 Å². The minimum absolute atomic E-state index is 0.0276. The van der Waals surface area contributed by atoms with Crippen molar-refractivity contribution in [1.29, 1.82) is 5.26 Å². The molecule has 0 saturated carbocycles. The van der Waals surface area contributed by atoms with Crippen LogP contribution < -0.4 is 14.2 Å². The van der Waals surface area contributed by atoms with E-state index in [9.17, 15) is 15.2 Å². The fourth-order valence-electron chi connectivity index (χ4n) is 8.48. The topological polar surface area (TPSA) is 104 Å². The standard InChI is InChI=1S/C36H39N3O6/c1-19-13-23-14-25-27(16-37)39-26(32(38(25)4)30(23)20(2)34(19)42-5)15-24-31(36-35(44-18-45-36)21(3)33(24)41)28(39)17-43-29(40)12-11-22-9-7-6-8-10-22/h6-10,13,25-28,32,41H,11-12,14-15,17-18H2,1-5H3/t25-,26?,27-,28-,32-/m0/s1. The number of fused-ring (bicyclic) bond motifs is 9.